The first kappa shape index (κ1) is 18.6. The van der Waals surface area contributed by atoms with Gasteiger partial charge in [-0.1, -0.05) is 20.8 Å². The van der Waals surface area contributed by atoms with Gasteiger partial charge in [-0.3, -0.25) is 0 Å². The van der Waals surface area contributed by atoms with Gasteiger partial charge in [0.05, 0.1) is 6.61 Å². The second-order valence-electron chi connectivity index (χ2n) is 6.59. The number of hydrogen-bond acceptors (Lipinski definition) is 6. The Kier molecular flexibility index (Phi) is 7.55. The molecule has 1 N–H and O–H groups in total. The molecule has 1 rings (SSSR count). The minimum atomic E-state index is -0.124. The van der Waals surface area contributed by atoms with E-state index >= 15 is 0 Å². The summed E-state index contributed by atoms with van der Waals surface area (Å²) in [5.74, 6) is 2.18. The minimum absolute atomic E-state index is 0.124. The van der Waals surface area contributed by atoms with Crippen molar-refractivity contribution in [1.82, 2.24) is 14.9 Å². The lowest BCUT2D eigenvalue weighted by atomic mass is 9.96. The molecule has 0 aliphatic heterocycles. The molecule has 1 aromatic heterocycles. The number of aromatic nitrogens is 2. The zero-order chi connectivity index (χ0) is 16.6. The maximum atomic E-state index is 5.64. The van der Waals surface area contributed by atoms with Crippen LogP contribution in [0.2, 0.25) is 0 Å². The van der Waals surface area contributed by atoms with Crippen LogP contribution in [0.1, 0.15) is 33.0 Å². The largest absolute Gasteiger partial charge is 0.475 e. The van der Waals surface area contributed by atoms with Gasteiger partial charge >= 0.3 is 0 Å². The summed E-state index contributed by atoms with van der Waals surface area (Å²) in [6.07, 6.45) is 1.06. The van der Waals surface area contributed by atoms with Crippen LogP contribution in [0.25, 0.3) is 0 Å². The van der Waals surface area contributed by atoms with Crippen molar-refractivity contribution in [3.05, 3.63) is 11.9 Å². The van der Waals surface area contributed by atoms with Crippen molar-refractivity contribution in [3.8, 4) is 5.88 Å². The van der Waals surface area contributed by atoms with E-state index in [0.717, 1.165) is 31.2 Å². The lowest BCUT2D eigenvalue weighted by Crippen LogP contribution is -2.20. The van der Waals surface area contributed by atoms with Gasteiger partial charge in [-0.15, -0.1) is 0 Å². The van der Waals surface area contributed by atoms with Crippen molar-refractivity contribution in [3.63, 3.8) is 0 Å². The van der Waals surface area contributed by atoms with E-state index in [1.807, 2.05) is 6.07 Å². The second kappa shape index (κ2) is 8.90. The lowest BCUT2D eigenvalue weighted by Gasteiger charge is -2.19. The van der Waals surface area contributed by atoms with Crippen LogP contribution in [0.3, 0.4) is 0 Å². The normalized spacial score (nSPS) is 11.8. The molecule has 0 spiro atoms. The smallest absolute Gasteiger partial charge is 0.218 e. The molecule has 1 heterocycles. The van der Waals surface area contributed by atoms with Crippen LogP contribution in [0.5, 0.6) is 5.88 Å². The van der Waals surface area contributed by atoms with E-state index in [0.29, 0.717) is 19.1 Å². The Hall–Kier alpha value is -1.40. The van der Waals surface area contributed by atoms with Gasteiger partial charge in [-0.25, -0.2) is 4.98 Å². The van der Waals surface area contributed by atoms with E-state index in [9.17, 15) is 0 Å². The molecule has 0 saturated heterocycles. The average Bonchev–Trinajstić information content (AvgIpc) is 2.43. The van der Waals surface area contributed by atoms with Gasteiger partial charge in [-0.05, 0) is 27.1 Å². The van der Waals surface area contributed by atoms with Gasteiger partial charge in [-0.2, -0.15) is 4.98 Å². The highest BCUT2D eigenvalue weighted by Gasteiger charge is 2.19. The third-order valence-corrected chi connectivity index (χ3v) is 3.00. The van der Waals surface area contributed by atoms with Gasteiger partial charge in [0.25, 0.3) is 0 Å². The fraction of sp³-hybridized carbons (Fsp3) is 0.750. The van der Waals surface area contributed by atoms with Crippen LogP contribution in [0, 0.1) is 0 Å². The number of nitrogens with zero attached hydrogens (tertiary/aromatic N) is 3. The summed E-state index contributed by atoms with van der Waals surface area (Å²) in [7, 11) is 5.80. The maximum Gasteiger partial charge on any atom is 0.218 e. The fourth-order valence-electron chi connectivity index (χ4n) is 1.77. The molecule has 0 bridgehead atoms. The van der Waals surface area contributed by atoms with E-state index in [2.05, 4.69) is 55.1 Å². The Labute approximate surface area is 134 Å². The molecule has 0 radical (unpaired) electrons. The molecule has 126 valence electrons. The summed E-state index contributed by atoms with van der Waals surface area (Å²) in [5, 5.41) is 3.35. The van der Waals surface area contributed by atoms with Crippen molar-refractivity contribution in [2.24, 2.45) is 0 Å². The molecule has 6 heteroatoms. The van der Waals surface area contributed by atoms with E-state index in [-0.39, 0.29) is 5.41 Å². The van der Waals surface area contributed by atoms with E-state index < -0.39 is 0 Å². The third kappa shape index (κ3) is 7.04. The molecule has 0 aliphatic carbocycles. The quantitative estimate of drug-likeness (QED) is 0.705. The average molecular weight is 310 g/mol. The number of methoxy groups -OCH3 is 1. The first-order valence-electron chi connectivity index (χ1n) is 7.73. The monoisotopic (exact) mass is 310 g/mol. The highest BCUT2D eigenvalue weighted by Crippen LogP contribution is 2.23. The minimum Gasteiger partial charge on any atom is -0.475 e. The highest BCUT2D eigenvalue weighted by atomic mass is 16.5. The molecule has 22 heavy (non-hydrogen) atoms. The zero-order valence-corrected chi connectivity index (χ0v) is 14.8. The second-order valence-corrected chi connectivity index (χ2v) is 6.59. The standard InChI is InChI=1S/C16H30N4O2/c1-16(2,3)15-18-13(17-8-7-9-20(4)5)12-14(19-15)22-11-10-21-6/h12H,7-11H2,1-6H3,(H,17,18,19). The molecule has 0 saturated carbocycles. The van der Waals surface area contributed by atoms with Crippen molar-refractivity contribution in [1.29, 1.82) is 0 Å². The van der Waals surface area contributed by atoms with Crippen LogP contribution in [0.4, 0.5) is 5.82 Å². The van der Waals surface area contributed by atoms with Gasteiger partial charge in [0.15, 0.2) is 0 Å². The topological polar surface area (TPSA) is 59.5 Å². The predicted octanol–water partition coefficient (Wildman–Crippen LogP) is 2.16. The number of hydrogen-bond donors (Lipinski definition) is 1. The van der Waals surface area contributed by atoms with E-state index in [1.165, 1.54) is 0 Å². The van der Waals surface area contributed by atoms with E-state index in [4.69, 9.17) is 9.47 Å². The number of rotatable bonds is 9. The first-order valence-corrected chi connectivity index (χ1v) is 7.73. The van der Waals surface area contributed by atoms with Gasteiger partial charge in [0, 0.05) is 25.1 Å². The Bertz CT molecular complexity index is 444. The molecule has 0 aromatic carbocycles. The summed E-state index contributed by atoms with van der Waals surface area (Å²) >= 11 is 0. The number of nitrogens with one attached hydrogen (secondary N) is 1. The number of anilines is 1. The zero-order valence-electron chi connectivity index (χ0n) is 14.8. The first-order chi connectivity index (χ1) is 10.3. The summed E-state index contributed by atoms with van der Waals surface area (Å²) in [6.45, 7) is 9.22. The van der Waals surface area contributed by atoms with Crippen LogP contribution in [0.15, 0.2) is 6.07 Å². The summed E-state index contributed by atoms with van der Waals surface area (Å²) in [4.78, 5) is 11.3. The van der Waals surface area contributed by atoms with Crippen LogP contribution in [-0.4, -0.2) is 62.4 Å². The highest BCUT2D eigenvalue weighted by molar-refractivity contribution is 5.39. The van der Waals surface area contributed by atoms with E-state index in [1.54, 1.807) is 7.11 Å². The lowest BCUT2D eigenvalue weighted by molar-refractivity contribution is 0.143. The molecule has 0 atom stereocenters. The van der Waals surface area contributed by atoms with Gasteiger partial charge in [0.2, 0.25) is 5.88 Å². The van der Waals surface area contributed by atoms with Crippen molar-refractivity contribution < 1.29 is 9.47 Å². The van der Waals surface area contributed by atoms with Crippen molar-refractivity contribution in [2.45, 2.75) is 32.6 Å². The van der Waals surface area contributed by atoms with Gasteiger partial charge in [0.1, 0.15) is 18.2 Å². The van der Waals surface area contributed by atoms with Crippen molar-refractivity contribution >= 4 is 5.82 Å². The summed E-state index contributed by atoms with van der Waals surface area (Å²) in [6, 6.07) is 1.85. The Morgan fingerprint density at radius 3 is 2.50 bits per heavy atom. The molecular formula is C16H30N4O2. The predicted molar refractivity (Wildman–Crippen MR) is 89.8 cm³/mol. The van der Waals surface area contributed by atoms with Crippen LogP contribution < -0.4 is 10.1 Å². The Morgan fingerprint density at radius 1 is 1.18 bits per heavy atom. The Balaban J connectivity index is 2.74. The SMILES string of the molecule is COCCOc1cc(NCCCN(C)C)nc(C(C)(C)C)n1. The molecule has 0 unspecified atom stereocenters. The third-order valence-electron chi connectivity index (χ3n) is 3.00. The summed E-state index contributed by atoms with van der Waals surface area (Å²) in [5.41, 5.74) is -0.124. The number of ether oxygens (including phenoxy) is 2. The molecule has 0 amide bonds. The Morgan fingerprint density at radius 2 is 1.91 bits per heavy atom. The van der Waals surface area contributed by atoms with Crippen LogP contribution in [-0.2, 0) is 10.2 Å². The maximum absolute atomic E-state index is 5.64. The van der Waals surface area contributed by atoms with Crippen molar-refractivity contribution in [2.75, 3.05) is 52.8 Å². The van der Waals surface area contributed by atoms with Gasteiger partial charge < -0.3 is 19.7 Å². The molecule has 6 nitrogen and oxygen atoms in total. The summed E-state index contributed by atoms with van der Waals surface area (Å²) < 4.78 is 10.6. The molecule has 1 aromatic rings. The van der Waals surface area contributed by atoms with Crippen LogP contribution >= 0.6 is 0 Å². The fourth-order valence-corrected chi connectivity index (χ4v) is 1.77. The molecule has 0 aliphatic rings. The molecular weight excluding hydrogens is 280 g/mol. The molecule has 0 fully saturated rings.